The van der Waals surface area contributed by atoms with Gasteiger partial charge in [0.2, 0.25) is 0 Å². The molecule has 0 aliphatic heterocycles. The van der Waals surface area contributed by atoms with Crippen LogP contribution in [-0.4, -0.2) is 38.0 Å². The van der Waals surface area contributed by atoms with Gasteiger partial charge in [0.1, 0.15) is 22.6 Å². The normalized spacial score (nSPS) is 14.9. The maximum atomic E-state index is 13.7. The SMILES string of the molecule is CCOC(=O)c1cc2c(=O)n3ccccc3nc2n(C2CCCCC2)c1=NC(=O)C(C)(C)Oc1ccc(C)cc1. The average molecular weight is 543 g/mol. The second-order valence-corrected chi connectivity index (χ2v) is 10.7. The van der Waals surface area contributed by atoms with Gasteiger partial charge in [-0.05, 0) is 70.9 Å². The summed E-state index contributed by atoms with van der Waals surface area (Å²) in [7, 11) is 0. The van der Waals surface area contributed by atoms with Gasteiger partial charge in [-0.15, -0.1) is 0 Å². The summed E-state index contributed by atoms with van der Waals surface area (Å²) in [6, 6.07) is 14.1. The van der Waals surface area contributed by atoms with Crippen molar-refractivity contribution in [3.63, 3.8) is 0 Å². The van der Waals surface area contributed by atoms with Gasteiger partial charge in [0.15, 0.2) is 11.1 Å². The zero-order chi connectivity index (χ0) is 28.4. The Balaban J connectivity index is 1.79. The molecule has 40 heavy (non-hydrogen) atoms. The van der Waals surface area contributed by atoms with Crippen LogP contribution in [0.4, 0.5) is 0 Å². The minimum Gasteiger partial charge on any atom is -0.478 e. The maximum absolute atomic E-state index is 13.7. The van der Waals surface area contributed by atoms with Crippen molar-refractivity contribution in [1.82, 2.24) is 14.0 Å². The molecule has 0 unspecified atom stereocenters. The monoisotopic (exact) mass is 542 g/mol. The largest absolute Gasteiger partial charge is 0.478 e. The van der Waals surface area contributed by atoms with Crippen molar-refractivity contribution in [3.05, 3.63) is 81.7 Å². The zero-order valence-electron chi connectivity index (χ0n) is 23.3. The number of esters is 1. The summed E-state index contributed by atoms with van der Waals surface area (Å²) in [6.07, 6.45) is 6.31. The third-order valence-electron chi connectivity index (χ3n) is 7.29. The van der Waals surface area contributed by atoms with Crippen LogP contribution in [0.2, 0.25) is 0 Å². The number of amides is 1. The number of hydrogen-bond donors (Lipinski definition) is 0. The molecule has 0 saturated heterocycles. The van der Waals surface area contributed by atoms with Crippen LogP contribution in [0.3, 0.4) is 0 Å². The van der Waals surface area contributed by atoms with Crippen LogP contribution in [0.15, 0.2) is 64.5 Å². The Labute approximate surface area is 232 Å². The number of rotatable bonds is 6. The summed E-state index contributed by atoms with van der Waals surface area (Å²) in [5.74, 6) is -0.694. The van der Waals surface area contributed by atoms with E-state index in [0.717, 1.165) is 37.7 Å². The van der Waals surface area contributed by atoms with Gasteiger partial charge in [0.05, 0.1) is 12.0 Å². The van der Waals surface area contributed by atoms with Crippen LogP contribution in [0, 0.1) is 6.92 Å². The Morgan fingerprint density at radius 3 is 2.50 bits per heavy atom. The number of nitrogens with zero attached hydrogens (tertiary/aromatic N) is 4. The molecular weight excluding hydrogens is 508 g/mol. The second kappa shape index (κ2) is 11.1. The molecule has 1 fully saturated rings. The molecule has 1 aromatic carbocycles. The predicted octanol–water partition coefficient (Wildman–Crippen LogP) is 4.92. The fraction of sp³-hybridized carbons (Fsp3) is 0.387. The number of pyridine rings is 2. The Kier molecular flexibility index (Phi) is 7.56. The summed E-state index contributed by atoms with van der Waals surface area (Å²) >= 11 is 0. The highest BCUT2D eigenvalue weighted by Gasteiger charge is 2.32. The number of carbonyl (C=O) groups excluding carboxylic acids is 2. The molecule has 9 heteroatoms. The van der Waals surface area contributed by atoms with E-state index in [2.05, 4.69) is 4.99 Å². The first-order chi connectivity index (χ1) is 19.2. The highest BCUT2D eigenvalue weighted by Crippen LogP contribution is 2.29. The molecule has 3 heterocycles. The Morgan fingerprint density at radius 1 is 1.07 bits per heavy atom. The number of ether oxygens (including phenoxy) is 2. The van der Waals surface area contributed by atoms with Crippen molar-refractivity contribution in [2.75, 3.05) is 6.61 Å². The smallest absolute Gasteiger partial charge is 0.341 e. The maximum Gasteiger partial charge on any atom is 0.341 e. The van der Waals surface area contributed by atoms with Gasteiger partial charge >= 0.3 is 5.97 Å². The van der Waals surface area contributed by atoms with Crippen molar-refractivity contribution in [2.24, 2.45) is 4.99 Å². The van der Waals surface area contributed by atoms with E-state index < -0.39 is 17.5 Å². The van der Waals surface area contributed by atoms with E-state index in [1.54, 1.807) is 51.2 Å². The fourth-order valence-electron chi connectivity index (χ4n) is 5.17. The number of hydrogen-bond acceptors (Lipinski definition) is 6. The van der Waals surface area contributed by atoms with Crippen LogP contribution in [0.25, 0.3) is 16.7 Å². The van der Waals surface area contributed by atoms with Crippen LogP contribution >= 0.6 is 0 Å². The van der Waals surface area contributed by atoms with Crippen molar-refractivity contribution in [1.29, 1.82) is 0 Å². The topological polar surface area (TPSA) is 104 Å². The molecule has 3 aromatic heterocycles. The molecule has 0 atom stereocenters. The Hall–Kier alpha value is -4.27. The summed E-state index contributed by atoms with van der Waals surface area (Å²) in [5.41, 5.74) is 0.465. The third kappa shape index (κ3) is 5.28. The lowest BCUT2D eigenvalue weighted by molar-refractivity contribution is -0.130. The van der Waals surface area contributed by atoms with Gasteiger partial charge < -0.3 is 14.0 Å². The molecule has 1 saturated carbocycles. The molecule has 0 bridgehead atoms. The van der Waals surface area contributed by atoms with Gasteiger partial charge in [-0.25, -0.2) is 9.78 Å². The van der Waals surface area contributed by atoms with Crippen LogP contribution < -0.4 is 15.8 Å². The minimum atomic E-state index is -1.34. The van der Waals surface area contributed by atoms with E-state index in [1.807, 2.05) is 29.7 Å². The highest BCUT2D eigenvalue weighted by molar-refractivity contribution is 5.94. The van der Waals surface area contributed by atoms with Gasteiger partial charge in [-0.3, -0.25) is 14.0 Å². The number of fused-ring (bicyclic) bond motifs is 2. The van der Waals surface area contributed by atoms with Crippen molar-refractivity contribution in [2.45, 2.75) is 71.4 Å². The lowest BCUT2D eigenvalue weighted by Crippen LogP contribution is -2.41. The lowest BCUT2D eigenvalue weighted by atomic mass is 9.94. The first-order valence-electron chi connectivity index (χ1n) is 13.8. The first kappa shape index (κ1) is 27.3. The van der Waals surface area contributed by atoms with E-state index in [1.165, 1.54) is 10.5 Å². The predicted molar refractivity (Wildman–Crippen MR) is 151 cm³/mol. The summed E-state index contributed by atoms with van der Waals surface area (Å²) in [5, 5.41) is 0.263. The Bertz CT molecular complexity index is 1710. The zero-order valence-corrected chi connectivity index (χ0v) is 23.3. The van der Waals surface area contributed by atoms with Crippen LogP contribution in [-0.2, 0) is 9.53 Å². The number of benzene rings is 1. The highest BCUT2D eigenvalue weighted by atomic mass is 16.5. The van der Waals surface area contributed by atoms with Crippen LogP contribution in [0.1, 0.15) is 74.8 Å². The van der Waals surface area contributed by atoms with Gasteiger partial charge in [0.25, 0.3) is 11.5 Å². The number of aryl methyl sites for hydroxylation is 1. The van der Waals surface area contributed by atoms with Crippen molar-refractivity contribution < 1.29 is 19.1 Å². The van der Waals surface area contributed by atoms with Gasteiger partial charge in [-0.1, -0.05) is 43.0 Å². The molecule has 1 aliphatic carbocycles. The van der Waals surface area contributed by atoms with E-state index >= 15 is 0 Å². The summed E-state index contributed by atoms with van der Waals surface area (Å²) < 4.78 is 14.7. The fourth-order valence-corrected chi connectivity index (χ4v) is 5.17. The molecule has 1 amide bonds. The second-order valence-electron chi connectivity index (χ2n) is 10.7. The molecule has 9 nitrogen and oxygen atoms in total. The molecule has 0 spiro atoms. The van der Waals surface area contributed by atoms with E-state index in [0.29, 0.717) is 17.0 Å². The molecule has 0 N–H and O–H groups in total. The van der Waals surface area contributed by atoms with Gasteiger partial charge in [0, 0.05) is 12.2 Å². The Morgan fingerprint density at radius 2 is 1.80 bits per heavy atom. The van der Waals surface area contributed by atoms with Crippen molar-refractivity contribution >= 4 is 28.6 Å². The average Bonchev–Trinajstić information content (AvgIpc) is 2.94. The molecule has 4 aromatic rings. The van der Waals surface area contributed by atoms with E-state index in [4.69, 9.17) is 14.5 Å². The van der Waals surface area contributed by atoms with Crippen LogP contribution in [0.5, 0.6) is 5.75 Å². The first-order valence-corrected chi connectivity index (χ1v) is 13.8. The minimum absolute atomic E-state index is 0.0502. The van der Waals surface area contributed by atoms with Crippen molar-refractivity contribution in [3.8, 4) is 5.75 Å². The number of aromatic nitrogens is 3. The number of carbonyl (C=O) groups is 2. The molecular formula is C31H34N4O5. The quantitative estimate of drug-likeness (QED) is 0.253. The van der Waals surface area contributed by atoms with E-state index in [9.17, 15) is 14.4 Å². The molecule has 1 aliphatic rings. The summed E-state index contributed by atoms with van der Waals surface area (Å²) in [6.45, 7) is 7.10. The molecule has 0 radical (unpaired) electrons. The van der Waals surface area contributed by atoms with E-state index in [-0.39, 0.29) is 34.6 Å². The van der Waals surface area contributed by atoms with Gasteiger partial charge in [-0.2, -0.15) is 4.99 Å². The third-order valence-corrected chi connectivity index (χ3v) is 7.29. The summed E-state index contributed by atoms with van der Waals surface area (Å²) in [4.78, 5) is 50.0. The standard InChI is InChI=1S/C31H34N4O5/c1-5-39-29(37)24-19-23-26(32-25-13-9-10-18-34(25)28(23)36)35(21-11-7-6-8-12-21)27(24)33-30(38)31(3,4)40-22-16-14-20(2)15-17-22/h9-10,13-19,21H,5-8,11-12H2,1-4H3. The lowest BCUT2D eigenvalue weighted by Gasteiger charge is -2.27. The molecule has 208 valence electrons. The molecule has 5 rings (SSSR count).